The van der Waals surface area contributed by atoms with Crippen molar-refractivity contribution in [3.63, 3.8) is 0 Å². The second-order valence-corrected chi connectivity index (χ2v) is 6.99. The Kier molecular flexibility index (Phi) is 4.10. The SMILES string of the molecule is COc1ccc([C@@H]2CCNC3C[C@]32COc2cccc(C#N)c2)cc1. The third-order valence-electron chi connectivity index (χ3n) is 5.62. The first-order chi connectivity index (χ1) is 12.2. The van der Waals surface area contributed by atoms with Gasteiger partial charge in [0.05, 0.1) is 25.3 Å². The summed E-state index contributed by atoms with van der Waals surface area (Å²) in [6.07, 6.45) is 2.26. The molecule has 4 rings (SSSR count). The maximum absolute atomic E-state index is 9.05. The highest BCUT2D eigenvalue weighted by Gasteiger charge is 2.61. The molecule has 2 aliphatic rings. The summed E-state index contributed by atoms with van der Waals surface area (Å²) in [5, 5.41) is 12.7. The molecular weight excluding hydrogens is 312 g/mol. The molecule has 1 heterocycles. The first kappa shape index (κ1) is 16.0. The molecule has 25 heavy (non-hydrogen) atoms. The van der Waals surface area contributed by atoms with Gasteiger partial charge in [0.1, 0.15) is 11.5 Å². The molecule has 0 amide bonds. The van der Waals surface area contributed by atoms with E-state index >= 15 is 0 Å². The van der Waals surface area contributed by atoms with E-state index in [0.717, 1.165) is 30.9 Å². The number of benzene rings is 2. The minimum atomic E-state index is 0.148. The van der Waals surface area contributed by atoms with Crippen LogP contribution in [0.5, 0.6) is 11.5 Å². The summed E-state index contributed by atoms with van der Waals surface area (Å²) >= 11 is 0. The van der Waals surface area contributed by atoms with Crippen molar-refractivity contribution < 1.29 is 9.47 Å². The smallest absolute Gasteiger partial charge is 0.120 e. The van der Waals surface area contributed by atoms with E-state index in [9.17, 15) is 0 Å². The van der Waals surface area contributed by atoms with E-state index in [0.29, 0.717) is 24.1 Å². The van der Waals surface area contributed by atoms with Gasteiger partial charge >= 0.3 is 0 Å². The lowest BCUT2D eigenvalue weighted by molar-refractivity contribution is 0.176. The van der Waals surface area contributed by atoms with Crippen molar-refractivity contribution in [2.45, 2.75) is 24.8 Å². The predicted molar refractivity (Wildman–Crippen MR) is 95.8 cm³/mol. The maximum atomic E-state index is 9.05. The monoisotopic (exact) mass is 334 g/mol. The summed E-state index contributed by atoms with van der Waals surface area (Å²) in [5.74, 6) is 2.16. The molecule has 0 spiro atoms. The third-order valence-corrected chi connectivity index (χ3v) is 5.62. The summed E-state index contributed by atoms with van der Waals surface area (Å²) in [7, 11) is 1.70. The lowest BCUT2D eigenvalue weighted by atomic mass is 9.79. The van der Waals surface area contributed by atoms with Gasteiger partial charge in [-0.25, -0.2) is 0 Å². The number of nitrogens with zero attached hydrogens (tertiary/aromatic N) is 1. The lowest BCUT2D eigenvalue weighted by Crippen LogP contribution is -2.38. The van der Waals surface area contributed by atoms with Crippen LogP contribution in [0.3, 0.4) is 0 Å². The Morgan fingerprint density at radius 1 is 1.20 bits per heavy atom. The van der Waals surface area contributed by atoms with Crippen molar-refractivity contribution in [1.29, 1.82) is 5.26 Å². The fourth-order valence-corrected chi connectivity index (χ4v) is 4.14. The third kappa shape index (κ3) is 2.96. The second kappa shape index (κ2) is 6.42. The summed E-state index contributed by atoms with van der Waals surface area (Å²) in [4.78, 5) is 0. The van der Waals surface area contributed by atoms with Crippen molar-refractivity contribution in [2.75, 3.05) is 20.3 Å². The van der Waals surface area contributed by atoms with Crippen LogP contribution in [0.2, 0.25) is 0 Å². The number of methoxy groups -OCH3 is 1. The Bertz CT molecular complexity index is 796. The van der Waals surface area contributed by atoms with Gasteiger partial charge in [-0.2, -0.15) is 5.26 Å². The first-order valence-electron chi connectivity index (χ1n) is 8.75. The molecule has 0 aromatic heterocycles. The van der Waals surface area contributed by atoms with Crippen molar-refractivity contribution >= 4 is 0 Å². The van der Waals surface area contributed by atoms with Crippen LogP contribution in [0.1, 0.15) is 29.9 Å². The Morgan fingerprint density at radius 3 is 2.80 bits per heavy atom. The van der Waals surface area contributed by atoms with E-state index in [1.165, 1.54) is 5.56 Å². The van der Waals surface area contributed by atoms with Crippen molar-refractivity contribution in [3.8, 4) is 17.6 Å². The number of rotatable bonds is 5. The van der Waals surface area contributed by atoms with Gasteiger partial charge in [0.2, 0.25) is 0 Å². The zero-order valence-corrected chi connectivity index (χ0v) is 14.4. The van der Waals surface area contributed by atoms with Crippen LogP contribution in [-0.2, 0) is 0 Å². The summed E-state index contributed by atoms with van der Waals surface area (Å²) in [6, 6.07) is 18.5. The molecule has 2 aromatic carbocycles. The molecule has 1 saturated heterocycles. The van der Waals surface area contributed by atoms with Crippen LogP contribution in [0.15, 0.2) is 48.5 Å². The minimum Gasteiger partial charge on any atom is -0.497 e. The zero-order chi connectivity index (χ0) is 17.3. The van der Waals surface area contributed by atoms with Gasteiger partial charge in [-0.3, -0.25) is 0 Å². The van der Waals surface area contributed by atoms with Gasteiger partial charge < -0.3 is 14.8 Å². The molecule has 1 unspecified atom stereocenters. The highest BCUT2D eigenvalue weighted by molar-refractivity contribution is 5.37. The van der Waals surface area contributed by atoms with Crippen molar-refractivity contribution in [1.82, 2.24) is 5.32 Å². The Balaban J connectivity index is 1.52. The minimum absolute atomic E-state index is 0.148. The van der Waals surface area contributed by atoms with Crippen LogP contribution in [-0.4, -0.2) is 26.3 Å². The van der Waals surface area contributed by atoms with Crippen LogP contribution >= 0.6 is 0 Å². The number of hydrogen-bond donors (Lipinski definition) is 1. The standard InChI is InChI=1S/C21H22N2O2/c1-24-17-7-5-16(6-8-17)19-9-10-23-20-12-21(19,20)14-25-18-4-2-3-15(11-18)13-22/h2-8,11,19-20,23H,9-10,12,14H2,1H3/t19-,20?,21+/m0/s1. The molecule has 1 aliphatic heterocycles. The van der Waals surface area contributed by atoms with Gasteiger partial charge in [-0.15, -0.1) is 0 Å². The van der Waals surface area contributed by atoms with Crippen LogP contribution in [0.4, 0.5) is 0 Å². The fraction of sp³-hybridized carbons (Fsp3) is 0.381. The van der Waals surface area contributed by atoms with E-state index in [4.69, 9.17) is 14.7 Å². The van der Waals surface area contributed by atoms with Gasteiger partial charge in [0.25, 0.3) is 0 Å². The second-order valence-electron chi connectivity index (χ2n) is 6.99. The van der Waals surface area contributed by atoms with E-state index in [-0.39, 0.29) is 5.41 Å². The van der Waals surface area contributed by atoms with E-state index < -0.39 is 0 Å². The average molecular weight is 334 g/mol. The molecule has 128 valence electrons. The number of hydrogen-bond acceptors (Lipinski definition) is 4. The largest absolute Gasteiger partial charge is 0.497 e. The predicted octanol–water partition coefficient (Wildman–Crippen LogP) is 3.48. The molecule has 0 bridgehead atoms. The zero-order valence-electron chi connectivity index (χ0n) is 14.4. The number of piperidine rings is 1. The highest BCUT2D eigenvalue weighted by Crippen LogP contribution is 2.59. The van der Waals surface area contributed by atoms with Crippen molar-refractivity contribution in [3.05, 3.63) is 59.7 Å². The summed E-state index contributed by atoms with van der Waals surface area (Å²) < 4.78 is 11.4. The van der Waals surface area contributed by atoms with Gasteiger partial charge in [0, 0.05) is 11.5 Å². The molecule has 3 atom stereocenters. The molecule has 4 heteroatoms. The summed E-state index contributed by atoms with van der Waals surface area (Å²) in [5.41, 5.74) is 2.14. The topological polar surface area (TPSA) is 54.3 Å². The number of ether oxygens (including phenoxy) is 2. The quantitative estimate of drug-likeness (QED) is 0.909. The van der Waals surface area contributed by atoms with Crippen LogP contribution in [0.25, 0.3) is 0 Å². The number of nitrogens with one attached hydrogen (secondary N) is 1. The Labute approximate surface area is 148 Å². The molecule has 2 fully saturated rings. The van der Waals surface area contributed by atoms with Crippen molar-refractivity contribution in [2.24, 2.45) is 5.41 Å². The normalized spacial score (nSPS) is 27.0. The average Bonchev–Trinajstić information content (AvgIpc) is 3.41. The fourth-order valence-electron chi connectivity index (χ4n) is 4.14. The molecular formula is C21H22N2O2. The van der Waals surface area contributed by atoms with Crippen LogP contribution in [0, 0.1) is 16.7 Å². The first-order valence-corrected chi connectivity index (χ1v) is 8.75. The van der Waals surface area contributed by atoms with E-state index in [2.05, 4.69) is 23.5 Å². The van der Waals surface area contributed by atoms with Gasteiger partial charge in [-0.1, -0.05) is 18.2 Å². The highest BCUT2D eigenvalue weighted by atomic mass is 16.5. The Hall–Kier alpha value is -2.51. The van der Waals surface area contributed by atoms with Gasteiger partial charge in [-0.05, 0) is 61.2 Å². The number of nitriles is 1. The molecule has 0 radical (unpaired) electrons. The molecule has 2 aromatic rings. The Morgan fingerprint density at radius 2 is 2.04 bits per heavy atom. The van der Waals surface area contributed by atoms with Crippen LogP contribution < -0.4 is 14.8 Å². The number of fused-ring (bicyclic) bond motifs is 1. The molecule has 1 saturated carbocycles. The van der Waals surface area contributed by atoms with E-state index in [1.807, 2.05) is 30.3 Å². The molecule has 4 nitrogen and oxygen atoms in total. The van der Waals surface area contributed by atoms with Gasteiger partial charge in [0.15, 0.2) is 0 Å². The maximum Gasteiger partial charge on any atom is 0.120 e. The van der Waals surface area contributed by atoms with E-state index in [1.54, 1.807) is 13.2 Å². The molecule has 1 N–H and O–H groups in total. The lowest BCUT2D eigenvalue weighted by Gasteiger charge is -2.33. The molecule has 1 aliphatic carbocycles. The summed E-state index contributed by atoms with van der Waals surface area (Å²) in [6.45, 7) is 1.73.